The van der Waals surface area contributed by atoms with Crippen LogP contribution in [0.1, 0.15) is 5.56 Å². The first kappa shape index (κ1) is 9.98. The highest BCUT2D eigenvalue weighted by Crippen LogP contribution is 2.27. The largest absolute Gasteiger partial charge is 0.341 e. The molecule has 2 N–H and O–H groups in total. The molecule has 2 amide bonds. The Morgan fingerprint density at radius 3 is 2.93 bits per heavy atom. The summed E-state index contributed by atoms with van der Waals surface area (Å²) in [4.78, 5) is 11.1. The van der Waals surface area contributed by atoms with Crippen molar-refractivity contribution in [2.45, 2.75) is 6.92 Å². The average Bonchev–Trinajstić information content (AvgIpc) is 2.60. The van der Waals surface area contributed by atoms with Gasteiger partial charge in [-0.1, -0.05) is 0 Å². The summed E-state index contributed by atoms with van der Waals surface area (Å²) in [6.07, 6.45) is 0. The number of thiophene rings is 1. The Morgan fingerprint density at radius 1 is 1.40 bits per heavy atom. The maximum Gasteiger partial charge on any atom is 0.318 e. The molecule has 2 rings (SSSR count). The highest BCUT2D eigenvalue weighted by Gasteiger charge is 2.03. The van der Waals surface area contributed by atoms with Gasteiger partial charge in [0.1, 0.15) is 0 Å². The molecule has 1 aromatic heterocycles. The fourth-order valence-corrected chi connectivity index (χ4v) is 2.35. The molecule has 0 atom stereocenters. The van der Waals surface area contributed by atoms with Gasteiger partial charge in [0, 0.05) is 17.4 Å². The van der Waals surface area contributed by atoms with Crippen molar-refractivity contribution in [2.75, 3.05) is 12.4 Å². The van der Waals surface area contributed by atoms with Crippen molar-refractivity contribution in [3.63, 3.8) is 0 Å². The average molecular weight is 220 g/mol. The lowest BCUT2D eigenvalue weighted by Crippen LogP contribution is -2.24. The molecular formula is C11H12N2OS. The second-order valence-corrected chi connectivity index (χ2v) is 4.25. The molecule has 15 heavy (non-hydrogen) atoms. The lowest BCUT2D eigenvalue weighted by atomic mass is 10.2. The summed E-state index contributed by atoms with van der Waals surface area (Å²) in [5.74, 6) is 0. The number of carbonyl (C=O) groups excluding carboxylic acids is 1. The van der Waals surface area contributed by atoms with Crippen LogP contribution in [0.25, 0.3) is 10.1 Å². The van der Waals surface area contributed by atoms with Gasteiger partial charge >= 0.3 is 6.03 Å². The Kier molecular flexibility index (Phi) is 2.60. The van der Waals surface area contributed by atoms with E-state index in [9.17, 15) is 4.79 Å². The fourth-order valence-electron chi connectivity index (χ4n) is 1.43. The Labute approximate surface area is 92.1 Å². The molecule has 1 aromatic carbocycles. The van der Waals surface area contributed by atoms with Gasteiger partial charge in [-0.15, -0.1) is 11.3 Å². The summed E-state index contributed by atoms with van der Waals surface area (Å²) in [7, 11) is 1.60. The van der Waals surface area contributed by atoms with Crippen molar-refractivity contribution >= 4 is 33.1 Å². The zero-order valence-corrected chi connectivity index (χ0v) is 9.44. The van der Waals surface area contributed by atoms with E-state index < -0.39 is 0 Å². The van der Waals surface area contributed by atoms with Crippen molar-refractivity contribution in [2.24, 2.45) is 0 Å². The number of fused-ring (bicyclic) bond motifs is 1. The predicted molar refractivity (Wildman–Crippen MR) is 64.6 cm³/mol. The summed E-state index contributed by atoms with van der Waals surface area (Å²) in [5, 5.41) is 8.60. The third kappa shape index (κ3) is 1.94. The second kappa shape index (κ2) is 3.90. The third-order valence-corrected chi connectivity index (χ3v) is 3.33. The minimum absolute atomic E-state index is 0.192. The fraction of sp³-hybridized carbons (Fsp3) is 0.182. The lowest BCUT2D eigenvalue weighted by Gasteiger charge is -2.04. The van der Waals surface area contributed by atoms with Gasteiger partial charge in [0.15, 0.2) is 0 Å². The van der Waals surface area contributed by atoms with Crippen LogP contribution in [0.2, 0.25) is 0 Å². The quantitative estimate of drug-likeness (QED) is 0.762. The standard InChI is InChI=1S/C11H12N2OS/c1-7-6-15-10-4-3-8(5-9(7)10)13-11(14)12-2/h3-6H,1-2H3,(H2,12,13,14). The van der Waals surface area contributed by atoms with E-state index in [1.165, 1.54) is 15.6 Å². The number of anilines is 1. The first-order valence-electron chi connectivity index (χ1n) is 4.67. The number of benzene rings is 1. The lowest BCUT2D eigenvalue weighted by molar-refractivity contribution is 0.254. The van der Waals surface area contributed by atoms with Crippen molar-refractivity contribution in [3.8, 4) is 0 Å². The molecular weight excluding hydrogens is 208 g/mol. The zero-order valence-electron chi connectivity index (χ0n) is 8.63. The maximum absolute atomic E-state index is 11.1. The summed E-state index contributed by atoms with van der Waals surface area (Å²) in [6, 6.07) is 5.74. The van der Waals surface area contributed by atoms with Crippen LogP contribution in [0, 0.1) is 6.92 Å². The van der Waals surface area contributed by atoms with Crippen LogP contribution in [0.5, 0.6) is 0 Å². The van der Waals surface area contributed by atoms with Crippen LogP contribution >= 0.6 is 11.3 Å². The van der Waals surface area contributed by atoms with Crippen LogP contribution in [-0.2, 0) is 0 Å². The van der Waals surface area contributed by atoms with E-state index in [1.54, 1.807) is 18.4 Å². The molecule has 3 nitrogen and oxygen atoms in total. The summed E-state index contributed by atoms with van der Waals surface area (Å²) >= 11 is 1.72. The highest BCUT2D eigenvalue weighted by molar-refractivity contribution is 7.17. The number of amides is 2. The van der Waals surface area contributed by atoms with E-state index in [4.69, 9.17) is 0 Å². The minimum atomic E-state index is -0.192. The van der Waals surface area contributed by atoms with Crippen LogP contribution in [-0.4, -0.2) is 13.1 Å². The molecule has 0 aliphatic rings. The van der Waals surface area contributed by atoms with Crippen LogP contribution in [0.15, 0.2) is 23.6 Å². The van der Waals surface area contributed by atoms with Crippen LogP contribution in [0.3, 0.4) is 0 Å². The van der Waals surface area contributed by atoms with E-state index in [1.807, 2.05) is 18.2 Å². The van der Waals surface area contributed by atoms with Crippen molar-refractivity contribution in [1.82, 2.24) is 5.32 Å². The number of rotatable bonds is 1. The van der Waals surface area contributed by atoms with Crippen molar-refractivity contribution in [3.05, 3.63) is 29.1 Å². The molecule has 0 saturated heterocycles. The monoisotopic (exact) mass is 220 g/mol. The summed E-state index contributed by atoms with van der Waals surface area (Å²) in [5.41, 5.74) is 2.07. The third-order valence-electron chi connectivity index (χ3n) is 2.25. The van der Waals surface area contributed by atoms with Gasteiger partial charge in [0.2, 0.25) is 0 Å². The Bertz CT molecular complexity index is 504. The molecule has 0 unspecified atom stereocenters. The normalized spacial score (nSPS) is 10.3. The number of nitrogens with one attached hydrogen (secondary N) is 2. The number of hydrogen-bond acceptors (Lipinski definition) is 2. The molecule has 0 aliphatic carbocycles. The van der Waals surface area contributed by atoms with E-state index in [2.05, 4.69) is 22.9 Å². The second-order valence-electron chi connectivity index (χ2n) is 3.33. The molecule has 0 aliphatic heterocycles. The Hall–Kier alpha value is -1.55. The van der Waals surface area contributed by atoms with E-state index in [-0.39, 0.29) is 6.03 Å². The van der Waals surface area contributed by atoms with E-state index in [0.717, 1.165) is 5.69 Å². The minimum Gasteiger partial charge on any atom is -0.341 e. The molecule has 0 fully saturated rings. The van der Waals surface area contributed by atoms with Gasteiger partial charge in [-0.05, 0) is 41.5 Å². The Morgan fingerprint density at radius 2 is 2.20 bits per heavy atom. The summed E-state index contributed by atoms with van der Waals surface area (Å²) in [6.45, 7) is 2.07. The Balaban J connectivity index is 2.37. The molecule has 4 heteroatoms. The van der Waals surface area contributed by atoms with Gasteiger partial charge in [-0.25, -0.2) is 4.79 Å². The van der Waals surface area contributed by atoms with E-state index in [0.29, 0.717) is 0 Å². The number of hydrogen-bond donors (Lipinski definition) is 2. The molecule has 1 heterocycles. The number of aryl methyl sites for hydroxylation is 1. The summed E-state index contributed by atoms with van der Waals surface area (Å²) < 4.78 is 1.25. The van der Waals surface area contributed by atoms with Crippen molar-refractivity contribution < 1.29 is 4.79 Å². The molecule has 0 saturated carbocycles. The predicted octanol–water partition coefficient (Wildman–Crippen LogP) is 2.96. The number of urea groups is 1. The molecule has 0 spiro atoms. The SMILES string of the molecule is CNC(=O)Nc1ccc2scc(C)c2c1. The van der Waals surface area contributed by atoms with Crippen LogP contribution in [0.4, 0.5) is 10.5 Å². The topological polar surface area (TPSA) is 41.1 Å². The van der Waals surface area contributed by atoms with Gasteiger partial charge in [-0.3, -0.25) is 0 Å². The van der Waals surface area contributed by atoms with Gasteiger partial charge in [0.25, 0.3) is 0 Å². The van der Waals surface area contributed by atoms with Gasteiger partial charge in [-0.2, -0.15) is 0 Å². The van der Waals surface area contributed by atoms with Gasteiger partial charge in [0.05, 0.1) is 0 Å². The first-order valence-corrected chi connectivity index (χ1v) is 5.55. The van der Waals surface area contributed by atoms with E-state index >= 15 is 0 Å². The zero-order chi connectivity index (χ0) is 10.8. The molecule has 78 valence electrons. The van der Waals surface area contributed by atoms with Crippen molar-refractivity contribution in [1.29, 1.82) is 0 Å². The number of carbonyl (C=O) groups is 1. The highest BCUT2D eigenvalue weighted by atomic mass is 32.1. The smallest absolute Gasteiger partial charge is 0.318 e. The maximum atomic E-state index is 11.1. The molecule has 0 bridgehead atoms. The molecule has 0 radical (unpaired) electrons. The van der Waals surface area contributed by atoms with Crippen LogP contribution < -0.4 is 10.6 Å². The first-order chi connectivity index (χ1) is 7.20. The van der Waals surface area contributed by atoms with Gasteiger partial charge < -0.3 is 10.6 Å². The molecule has 2 aromatic rings.